The van der Waals surface area contributed by atoms with Gasteiger partial charge in [0.25, 0.3) is 0 Å². The molecule has 0 saturated carbocycles. The Morgan fingerprint density at radius 1 is 1.26 bits per heavy atom. The second kappa shape index (κ2) is 8.26. The molecule has 0 unspecified atom stereocenters. The average Bonchev–Trinajstić information content (AvgIpc) is 2.37. The van der Waals surface area contributed by atoms with Crippen LogP contribution in [0, 0.1) is 0 Å². The monoisotopic (exact) mass is 264 g/mol. The Kier molecular flexibility index (Phi) is 6.60. The van der Waals surface area contributed by atoms with Gasteiger partial charge in [-0.3, -0.25) is 14.5 Å². The predicted molar refractivity (Wildman–Crippen MR) is 72.2 cm³/mol. The molecular weight excluding hydrogens is 244 g/mol. The van der Waals surface area contributed by atoms with Gasteiger partial charge in [0.05, 0.1) is 13.2 Å². The Labute approximate surface area is 113 Å². The minimum Gasteiger partial charge on any atom is -0.465 e. The first kappa shape index (κ1) is 15.2. The molecule has 0 radical (unpaired) electrons. The molecule has 104 valence electrons. The molecule has 0 bridgehead atoms. The summed E-state index contributed by atoms with van der Waals surface area (Å²) in [4.78, 5) is 24.2. The highest BCUT2D eigenvalue weighted by atomic mass is 16.5. The van der Waals surface area contributed by atoms with E-state index >= 15 is 0 Å². The van der Waals surface area contributed by atoms with Gasteiger partial charge < -0.3 is 10.5 Å². The predicted octanol–water partition coefficient (Wildman–Crippen LogP) is 0.927. The normalized spacial score (nSPS) is 10.4. The first-order valence-electron chi connectivity index (χ1n) is 6.32. The molecule has 1 aromatic carbocycles. The van der Waals surface area contributed by atoms with E-state index in [4.69, 9.17) is 10.5 Å². The van der Waals surface area contributed by atoms with Crippen LogP contribution < -0.4 is 5.73 Å². The lowest BCUT2D eigenvalue weighted by molar-refractivity contribution is -0.144. The Balaban J connectivity index is 2.58. The summed E-state index contributed by atoms with van der Waals surface area (Å²) in [7, 11) is 0. The number of hydrogen-bond acceptors (Lipinski definition) is 4. The summed E-state index contributed by atoms with van der Waals surface area (Å²) in [6.07, 6.45) is 0.228. The number of primary amides is 1. The van der Waals surface area contributed by atoms with Crippen molar-refractivity contribution in [2.45, 2.75) is 19.9 Å². The van der Waals surface area contributed by atoms with Gasteiger partial charge in [0.15, 0.2) is 0 Å². The van der Waals surface area contributed by atoms with E-state index in [1.54, 1.807) is 6.92 Å². The molecule has 0 fully saturated rings. The van der Waals surface area contributed by atoms with Crippen LogP contribution in [0.15, 0.2) is 30.3 Å². The molecule has 19 heavy (non-hydrogen) atoms. The highest BCUT2D eigenvalue weighted by Gasteiger charge is 2.12. The van der Waals surface area contributed by atoms with E-state index in [0.717, 1.165) is 5.56 Å². The second-order valence-corrected chi connectivity index (χ2v) is 4.22. The van der Waals surface area contributed by atoms with Crippen molar-refractivity contribution in [3.8, 4) is 0 Å². The zero-order chi connectivity index (χ0) is 14.1. The number of hydrogen-bond donors (Lipinski definition) is 1. The van der Waals surface area contributed by atoms with E-state index in [-0.39, 0.29) is 24.8 Å². The molecule has 0 atom stereocenters. The quantitative estimate of drug-likeness (QED) is 0.709. The first-order chi connectivity index (χ1) is 9.11. The van der Waals surface area contributed by atoms with E-state index in [1.807, 2.05) is 35.2 Å². The molecule has 5 nitrogen and oxygen atoms in total. The van der Waals surface area contributed by atoms with Gasteiger partial charge in [0, 0.05) is 19.5 Å². The summed E-state index contributed by atoms with van der Waals surface area (Å²) in [5, 5.41) is 0. The van der Waals surface area contributed by atoms with Gasteiger partial charge in [-0.15, -0.1) is 0 Å². The van der Waals surface area contributed by atoms with Crippen LogP contribution in [0.25, 0.3) is 0 Å². The molecule has 2 N–H and O–H groups in total. The highest BCUT2D eigenvalue weighted by Crippen LogP contribution is 2.05. The summed E-state index contributed by atoms with van der Waals surface area (Å²) in [6, 6.07) is 9.76. The molecule has 0 saturated heterocycles. The number of ether oxygens (including phenoxy) is 1. The van der Waals surface area contributed by atoms with Crippen LogP contribution in [0.3, 0.4) is 0 Å². The van der Waals surface area contributed by atoms with Crippen molar-refractivity contribution in [1.29, 1.82) is 0 Å². The van der Waals surface area contributed by atoms with Crippen LogP contribution in [0.4, 0.5) is 0 Å². The Hall–Kier alpha value is -1.88. The van der Waals surface area contributed by atoms with Crippen molar-refractivity contribution >= 4 is 11.9 Å². The van der Waals surface area contributed by atoms with Crippen molar-refractivity contribution in [3.63, 3.8) is 0 Å². The highest BCUT2D eigenvalue weighted by molar-refractivity contribution is 5.74. The fourth-order valence-electron chi connectivity index (χ4n) is 1.71. The zero-order valence-corrected chi connectivity index (χ0v) is 11.2. The summed E-state index contributed by atoms with van der Waals surface area (Å²) in [5.74, 6) is -0.662. The summed E-state index contributed by atoms with van der Waals surface area (Å²) in [6.45, 7) is 3.32. The fourth-order valence-corrected chi connectivity index (χ4v) is 1.71. The molecule has 1 aromatic rings. The summed E-state index contributed by atoms with van der Waals surface area (Å²) >= 11 is 0. The number of rotatable bonds is 8. The van der Waals surface area contributed by atoms with E-state index in [1.165, 1.54) is 0 Å². The third-order valence-electron chi connectivity index (χ3n) is 2.58. The number of nitrogens with two attached hydrogens (primary N) is 1. The van der Waals surface area contributed by atoms with Crippen LogP contribution >= 0.6 is 0 Å². The number of carbonyl (C=O) groups is 2. The third-order valence-corrected chi connectivity index (χ3v) is 2.58. The number of carbonyl (C=O) groups excluding carboxylic acids is 2. The van der Waals surface area contributed by atoms with E-state index < -0.39 is 0 Å². The van der Waals surface area contributed by atoms with E-state index in [0.29, 0.717) is 19.7 Å². The molecule has 0 aliphatic carbocycles. The number of benzene rings is 1. The smallest absolute Gasteiger partial charge is 0.320 e. The van der Waals surface area contributed by atoms with Crippen molar-refractivity contribution in [1.82, 2.24) is 4.90 Å². The van der Waals surface area contributed by atoms with Crippen molar-refractivity contribution in [3.05, 3.63) is 35.9 Å². The molecule has 0 aliphatic heterocycles. The lowest BCUT2D eigenvalue weighted by Gasteiger charge is -2.20. The Morgan fingerprint density at radius 3 is 2.53 bits per heavy atom. The molecule has 1 rings (SSSR count). The number of amides is 1. The van der Waals surface area contributed by atoms with Gasteiger partial charge in [-0.2, -0.15) is 0 Å². The molecular formula is C14H20N2O3. The minimum atomic E-state index is -0.373. The number of nitrogens with zero attached hydrogens (tertiary/aromatic N) is 1. The zero-order valence-electron chi connectivity index (χ0n) is 11.2. The van der Waals surface area contributed by atoms with Crippen LogP contribution in [0.5, 0.6) is 0 Å². The van der Waals surface area contributed by atoms with Gasteiger partial charge in [0.1, 0.15) is 0 Å². The molecule has 5 heteroatoms. The van der Waals surface area contributed by atoms with Crippen molar-refractivity contribution < 1.29 is 14.3 Å². The van der Waals surface area contributed by atoms with Gasteiger partial charge in [-0.25, -0.2) is 0 Å². The van der Waals surface area contributed by atoms with E-state index in [9.17, 15) is 9.59 Å². The van der Waals surface area contributed by atoms with Gasteiger partial charge in [0.2, 0.25) is 5.91 Å². The molecule has 0 heterocycles. The van der Waals surface area contributed by atoms with Crippen LogP contribution in [-0.4, -0.2) is 36.5 Å². The SMILES string of the molecule is CCOC(=O)CN(CCC(N)=O)Cc1ccccc1. The van der Waals surface area contributed by atoms with Crippen LogP contribution in [0.1, 0.15) is 18.9 Å². The second-order valence-electron chi connectivity index (χ2n) is 4.22. The maximum absolute atomic E-state index is 11.5. The van der Waals surface area contributed by atoms with Crippen LogP contribution in [0.2, 0.25) is 0 Å². The van der Waals surface area contributed by atoms with Crippen molar-refractivity contribution in [2.75, 3.05) is 19.7 Å². The lowest BCUT2D eigenvalue weighted by atomic mass is 10.2. The lowest BCUT2D eigenvalue weighted by Crippen LogP contribution is -2.33. The Bertz CT molecular complexity index is 406. The maximum atomic E-state index is 11.5. The fraction of sp³-hybridized carbons (Fsp3) is 0.429. The standard InChI is InChI=1S/C14H20N2O3/c1-2-19-14(18)11-16(9-8-13(15)17)10-12-6-4-3-5-7-12/h3-7H,2,8-11H2,1H3,(H2,15,17). The average molecular weight is 264 g/mol. The van der Waals surface area contributed by atoms with Crippen LogP contribution in [-0.2, 0) is 20.9 Å². The molecule has 1 amide bonds. The van der Waals surface area contributed by atoms with Crippen molar-refractivity contribution in [2.24, 2.45) is 5.73 Å². The first-order valence-corrected chi connectivity index (χ1v) is 6.32. The van der Waals surface area contributed by atoms with Gasteiger partial charge >= 0.3 is 5.97 Å². The Morgan fingerprint density at radius 2 is 1.95 bits per heavy atom. The van der Waals surface area contributed by atoms with Gasteiger partial charge in [-0.1, -0.05) is 30.3 Å². The summed E-state index contributed by atoms with van der Waals surface area (Å²) < 4.78 is 4.92. The third kappa shape index (κ3) is 6.57. The molecule has 0 spiro atoms. The molecule has 0 aliphatic rings. The summed E-state index contributed by atoms with van der Waals surface area (Å²) in [5.41, 5.74) is 6.22. The van der Waals surface area contributed by atoms with Gasteiger partial charge in [-0.05, 0) is 12.5 Å². The minimum absolute atomic E-state index is 0.163. The molecule has 0 aromatic heterocycles. The van der Waals surface area contributed by atoms with E-state index in [2.05, 4.69) is 0 Å². The largest absolute Gasteiger partial charge is 0.465 e. The number of esters is 1. The topological polar surface area (TPSA) is 72.6 Å². The maximum Gasteiger partial charge on any atom is 0.320 e.